The van der Waals surface area contributed by atoms with Crippen molar-refractivity contribution in [2.45, 2.75) is 5.75 Å². The van der Waals surface area contributed by atoms with Crippen molar-refractivity contribution in [2.75, 3.05) is 4.72 Å². The maximum absolute atomic E-state index is 12.0. The molecule has 6 nitrogen and oxygen atoms in total. The maximum Gasteiger partial charge on any atom is 0.288 e. The predicted molar refractivity (Wildman–Crippen MR) is 77.6 cm³/mol. The lowest BCUT2D eigenvalue weighted by atomic mass is 10.2. The van der Waals surface area contributed by atoms with Crippen LogP contribution >= 0.6 is 23.2 Å². The smallest absolute Gasteiger partial charge is 0.278 e. The van der Waals surface area contributed by atoms with Gasteiger partial charge in [-0.15, -0.1) is 0 Å². The number of benzene rings is 1. The van der Waals surface area contributed by atoms with Crippen LogP contribution in [-0.4, -0.2) is 18.6 Å². The molecule has 0 fully saturated rings. The van der Waals surface area contributed by atoms with Crippen molar-refractivity contribution in [3.63, 3.8) is 0 Å². The number of anilines is 1. The van der Waals surface area contributed by atoms with Crippen molar-refractivity contribution >= 4 is 38.9 Å². The van der Waals surface area contributed by atoms with E-state index in [9.17, 15) is 13.2 Å². The number of aromatic nitrogens is 2. The van der Waals surface area contributed by atoms with Crippen LogP contribution in [0.4, 0.5) is 5.69 Å². The first-order valence-corrected chi connectivity index (χ1v) is 7.77. The van der Waals surface area contributed by atoms with E-state index in [4.69, 9.17) is 23.2 Å². The normalized spacial score (nSPS) is 11.3. The number of sulfonamides is 1. The fourth-order valence-electron chi connectivity index (χ4n) is 1.46. The second-order valence-corrected chi connectivity index (χ2v) is 6.47. The van der Waals surface area contributed by atoms with E-state index in [0.717, 1.165) is 6.07 Å². The molecule has 0 saturated heterocycles. The monoisotopic (exact) mass is 333 g/mol. The van der Waals surface area contributed by atoms with Gasteiger partial charge in [-0.2, -0.15) is 5.10 Å². The van der Waals surface area contributed by atoms with E-state index in [1.165, 1.54) is 0 Å². The number of rotatable bonds is 4. The van der Waals surface area contributed by atoms with Crippen molar-refractivity contribution in [1.82, 2.24) is 10.2 Å². The van der Waals surface area contributed by atoms with E-state index >= 15 is 0 Å². The van der Waals surface area contributed by atoms with Gasteiger partial charge in [0.2, 0.25) is 10.0 Å². The van der Waals surface area contributed by atoms with Crippen LogP contribution in [0.15, 0.2) is 35.1 Å². The number of H-pyrrole nitrogens is 1. The number of nitrogens with zero attached hydrogens (tertiary/aromatic N) is 1. The summed E-state index contributed by atoms with van der Waals surface area (Å²) in [7, 11) is -3.74. The summed E-state index contributed by atoms with van der Waals surface area (Å²) < 4.78 is 26.1. The zero-order chi connectivity index (χ0) is 14.8. The average molecular weight is 334 g/mol. The number of halogens is 2. The largest absolute Gasteiger partial charge is 0.288 e. The molecule has 0 amide bonds. The highest BCUT2D eigenvalue weighted by atomic mass is 35.5. The molecule has 1 aromatic heterocycles. The van der Waals surface area contributed by atoms with Crippen LogP contribution in [0.5, 0.6) is 0 Å². The minimum atomic E-state index is -3.74. The van der Waals surface area contributed by atoms with E-state index in [1.807, 2.05) is 0 Å². The third kappa shape index (κ3) is 3.96. The van der Waals surface area contributed by atoms with Crippen LogP contribution in [0.2, 0.25) is 10.2 Å². The summed E-state index contributed by atoms with van der Waals surface area (Å²) in [6.07, 6.45) is 0. The predicted octanol–water partition coefficient (Wildman–Crippen LogP) is 2.02. The topological polar surface area (TPSA) is 91.9 Å². The lowest BCUT2D eigenvalue weighted by Crippen LogP contribution is -2.22. The van der Waals surface area contributed by atoms with Gasteiger partial charge in [0.05, 0.1) is 5.75 Å². The van der Waals surface area contributed by atoms with Gasteiger partial charge in [0.15, 0.2) is 5.15 Å². The van der Waals surface area contributed by atoms with Gasteiger partial charge in [0.1, 0.15) is 5.69 Å². The fourth-order valence-corrected chi connectivity index (χ4v) is 2.93. The Labute approximate surface area is 124 Å². The van der Waals surface area contributed by atoms with Crippen LogP contribution in [0.1, 0.15) is 5.56 Å². The molecular weight excluding hydrogens is 325 g/mol. The van der Waals surface area contributed by atoms with E-state index in [1.54, 1.807) is 24.3 Å². The molecule has 0 aliphatic rings. The van der Waals surface area contributed by atoms with E-state index < -0.39 is 15.6 Å². The Morgan fingerprint density at radius 3 is 2.50 bits per heavy atom. The van der Waals surface area contributed by atoms with Crippen molar-refractivity contribution in [1.29, 1.82) is 0 Å². The van der Waals surface area contributed by atoms with Gasteiger partial charge in [-0.3, -0.25) is 9.52 Å². The Morgan fingerprint density at radius 1 is 1.20 bits per heavy atom. The zero-order valence-electron chi connectivity index (χ0n) is 9.93. The number of nitrogens with one attached hydrogen (secondary N) is 2. The van der Waals surface area contributed by atoms with Crippen molar-refractivity contribution in [2.24, 2.45) is 0 Å². The zero-order valence-corrected chi connectivity index (χ0v) is 12.3. The van der Waals surface area contributed by atoms with Gasteiger partial charge in [0.25, 0.3) is 5.56 Å². The van der Waals surface area contributed by atoms with Gasteiger partial charge in [-0.05, 0) is 17.7 Å². The molecule has 106 valence electrons. The van der Waals surface area contributed by atoms with Gasteiger partial charge in [-0.25, -0.2) is 13.5 Å². The Hall–Kier alpha value is -1.57. The molecule has 2 rings (SSSR count). The first-order valence-electron chi connectivity index (χ1n) is 5.36. The highest BCUT2D eigenvalue weighted by Crippen LogP contribution is 2.14. The molecule has 0 atom stereocenters. The lowest BCUT2D eigenvalue weighted by molar-refractivity contribution is 0.600. The molecule has 0 aliphatic carbocycles. The molecule has 0 radical (unpaired) electrons. The first-order chi connectivity index (χ1) is 9.35. The van der Waals surface area contributed by atoms with Crippen LogP contribution in [0, 0.1) is 0 Å². The molecule has 0 aliphatic heterocycles. The van der Waals surface area contributed by atoms with Crippen LogP contribution < -0.4 is 10.3 Å². The molecule has 1 aromatic carbocycles. The Kier molecular flexibility index (Phi) is 4.32. The summed E-state index contributed by atoms with van der Waals surface area (Å²) in [5, 5.41) is 6.01. The van der Waals surface area contributed by atoms with E-state index in [-0.39, 0.29) is 16.6 Å². The second-order valence-electron chi connectivity index (χ2n) is 3.92. The van der Waals surface area contributed by atoms with Crippen LogP contribution in [-0.2, 0) is 15.8 Å². The van der Waals surface area contributed by atoms with Crippen LogP contribution in [0.3, 0.4) is 0 Å². The Morgan fingerprint density at radius 2 is 1.85 bits per heavy atom. The fraction of sp³-hybridized carbons (Fsp3) is 0.0909. The number of hydrogen-bond acceptors (Lipinski definition) is 4. The Bertz CT molecular complexity index is 772. The van der Waals surface area contributed by atoms with E-state index in [0.29, 0.717) is 10.6 Å². The third-order valence-corrected chi connectivity index (χ3v) is 4.00. The summed E-state index contributed by atoms with van der Waals surface area (Å²) in [6, 6.07) is 7.49. The standard InChI is InChI=1S/C11H9Cl2N3O3S/c12-8-3-1-7(2-4-8)6-20(18,19)16-9-5-10(13)14-15-11(9)17/h1-5H,6H2,(H,14,16)(H,15,17). The molecule has 2 aromatic rings. The minimum Gasteiger partial charge on any atom is -0.278 e. The molecule has 2 N–H and O–H groups in total. The molecule has 0 spiro atoms. The van der Waals surface area contributed by atoms with E-state index in [2.05, 4.69) is 14.9 Å². The Balaban J connectivity index is 2.21. The number of hydrogen-bond donors (Lipinski definition) is 2. The molecule has 20 heavy (non-hydrogen) atoms. The molecule has 1 heterocycles. The summed E-state index contributed by atoms with van der Waals surface area (Å²) in [4.78, 5) is 11.4. The molecule has 0 unspecified atom stereocenters. The van der Waals surface area contributed by atoms with Gasteiger partial charge < -0.3 is 0 Å². The SMILES string of the molecule is O=c1[nH]nc(Cl)cc1NS(=O)(=O)Cc1ccc(Cl)cc1. The van der Waals surface area contributed by atoms with Crippen molar-refractivity contribution in [3.05, 3.63) is 56.4 Å². The van der Waals surface area contributed by atoms with Gasteiger partial charge >= 0.3 is 0 Å². The highest BCUT2D eigenvalue weighted by molar-refractivity contribution is 7.91. The average Bonchev–Trinajstić information content (AvgIpc) is 2.36. The minimum absolute atomic E-state index is 0.0196. The maximum atomic E-state index is 12.0. The van der Waals surface area contributed by atoms with Crippen molar-refractivity contribution < 1.29 is 8.42 Å². The second kappa shape index (κ2) is 5.82. The molecule has 0 bridgehead atoms. The number of aromatic amines is 1. The third-order valence-electron chi connectivity index (χ3n) is 2.31. The quantitative estimate of drug-likeness (QED) is 0.895. The lowest BCUT2D eigenvalue weighted by Gasteiger charge is -2.07. The van der Waals surface area contributed by atoms with Gasteiger partial charge in [-0.1, -0.05) is 35.3 Å². The summed E-state index contributed by atoms with van der Waals surface area (Å²) >= 11 is 11.3. The van der Waals surface area contributed by atoms with Gasteiger partial charge in [0, 0.05) is 11.1 Å². The summed E-state index contributed by atoms with van der Waals surface area (Å²) in [6.45, 7) is 0. The van der Waals surface area contributed by atoms with Crippen molar-refractivity contribution in [3.8, 4) is 0 Å². The van der Waals surface area contributed by atoms with Crippen LogP contribution in [0.25, 0.3) is 0 Å². The summed E-state index contributed by atoms with van der Waals surface area (Å²) in [5.41, 5.74) is -0.313. The molecular formula is C11H9Cl2N3O3S. The first kappa shape index (κ1) is 14.8. The highest BCUT2D eigenvalue weighted by Gasteiger charge is 2.14. The molecule has 9 heteroatoms. The molecule has 0 saturated carbocycles. The summed E-state index contributed by atoms with van der Waals surface area (Å²) in [5.74, 6) is -0.288.